The summed E-state index contributed by atoms with van der Waals surface area (Å²) in [7, 11) is 0. The van der Waals surface area contributed by atoms with Crippen LogP contribution >= 0.6 is 11.3 Å². The number of rotatable bonds is 5. The van der Waals surface area contributed by atoms with Crippen molar-refractivity contribution >= 4 is 34.1 Å². The minimum Gasteiger partial charge on any atom is -0.481 e. The van der Waals surface area contributed by atoms with Crippen LogP contribution in [0.5, 0.6) is 0 Å². The van der Waals surface area contributed by atoms with Gasteiger partial charge in [0.2, 0.25) is 5.91 Å². The molecule has 1 aromatic rings. The van der Waals surface area contributed by atoms with Crippen LogP contribution in [0.25, 0.3) is 0 Å². The molecule has 0 saturated heterocycles. The molecule has 0 unspecified atom stereocenters. The van der Waals surface area contributed by atoms with Gasteiger partial charge >= 0.3 is 5.97 Å². The van der Waals surface area contributed by atoms with E-state index in [2.05, 4.69) is 17.6 Å². The van der Waals surface area contributed by atoms with Crippen molar-refractivity contribution in [3.05, 3.63) is 16.0 Å². The first-order chi connectivity index (χ1) is 13.4. The van der Waals surface area contributed by atoms with E-state index < -0.39 is 17.8 Å². The van der Waals surface area contributed by atoms with E-state index in [0.717, 1.165) is 50.5 Å². The van der Waals surface area contributed by atoms with Crippen LogP contribution in [0.3, 0.4) is 0 Å². The van der Waals surface area contributed by atoms with Gasteiger partial charge in [0.1, 0.15) is 5.00 Å². The van der Waals surface area contributed by atoms with Crippen LogP contribution in [0.15, 0.2) is 0 Å². The summed E-state index contributed by atoms with van der Waals surface area (Å²) in [5.41, 5.74) is 1.70. The predicted molar refractivity (Wildman–Crippen MR) is 108 cm³/mol. The van der Waals surface area contributed by atoms with Gasteiger partial charge in [0.15, 0.2) is 0 Å². The van der Waals surface area contributed by atoms with Gasteiger partial charge in [0.25, 0.3) is 5.91 Å². The van der Waals surface area contributed by atoms with Gasteiger partial charge in [-0.2, -0.15) is 0 Å². The van der Waals surface area contributed by atoms with E-state index in [0.29, 0.717) is 29.3 Å². The van der Waals surface area contributed by atoms with Gasteiger partial charge in [-0.3, -0.25) is 14.4 Å². The summed E-state index contributed by atoms with van der Waals surface area (Å²) in [6, 6.07) is 0.254. The number of hydrogen-bond acceptors (Lipinski definition) is 4. The number of thiophene rings is 1. The Hall–Kier alpha value is -1.89. The zero-order valence-electron chi connectivity index (χ0n) is 16.3. The SMILES string of the molecule is C[C@@H]1CCc2c(sc(NC(=O)[C@@H]3CCCC[C@@H]3C(=O)O)c2C(=O)NC2CC2)C1. The lowest BCUT2D eigenvalue weighted by Crippen LogP contribution is -2.36. The van der Waals surface area contributed by atoms with Crippen molar-refractivity contribution in [2.45, 2.75) is 70.8 Å². The van der Waals surface area contributed by atoms with E-state index >= 15 is 0 Å². The van der Waals surface area contributed by atoms with E-state index in [1.54, 1.807) is 0 Å². The average molecular weight is 405 g/mol. The van der Waals surface area contributed by atoms with Crippen molar-refractivity contribution in [3.8, 4) is 0 Å². The first kappa shape index (κ1) is 19.4. The molecule has 2 saturated carbocycles. The standard InChI is InChI=1S/C21H28N2O4S/c1-11-6-9-15-16(10-11)28-20(17(15)19(25)22-12-7-8-12)23-18(24)13-4-2-3-5-14(13)21(26)27/h11-14H,2-10H2,1H3,(H,22,25)(H,23,24)(H,26,27)/t11-,13-,14+/m1/s1. The van der Waals surface area contributed by atoms with E-state index in [-0.39, 0.29) is 17.9 Å². The minimum atomic E-state index is -0.897. The number of hydrogen-bond donors (Lipinski definition) is 3. The Morgan fingerprint density at radius 2 is 1.75 bits per heavy atom. The number of anilines is 1. The maximum Gasteiger partial charge on any atom is 0.307 e. The maximum absolute atomic E-state index is 13.0. The summed E-state index contributed by atoms with van der Waals surface area (Å²) in [5, 5.41) is 16.1. The molecule has 6 nitrogen and oxygen atoms in total. The summed E-state index contributed by atoms with van der Waals surface area (Å²) in [5.74, 6) is -1.83. The van der Waals surface area contributed by atoms with Gasteiger partial charge in [-0.05, 0) is 56.4 Å². The zero-order chi connectivity index (χ0) is 19.8. The highest BCUT2D eigenvalue weighted by Gasteiger charge is 2.37. The Labute approximate surface area is 169 Å². The second kappa shape index (κ2) is 7.85. The van der Waals surface area contributed by atoms with Crippen LogP contribution in [-0.2, 0) is 22.4 Å². The second-order valence-corrected chi connectivity index (χ2v) is 9.73. The normalized spacial score (nSPS) is 27.0. The van der Waals surface area contributed by atoms with E-state index in [9.17, 15) is 19.5 Å². The highest BCUT2D eigenvalue weighted by molar-refractivity contribution is 7.17. The molecular formula is C21H28N2O4S. The van der Waals surface area contributed by atoms with Gasteiger partial charge in [-0.1, -0.05) is 19.8 Å². The van der Waals surface area contributed by atoms with Gasteiger partial charge in [-0.25, -0.2) is 0 Å². The first-order valence-electron chi connectivity index (χ1n) is 10.4. The number of amides is 2. The van der Waals surface area contributed by atoms with Crippen molar-refractivity contribution in [2.75, 3.05) is 5.32 Å². The zero-order valence-corrected chi connectivity index (χ0v) is 17.1. The molecule has 1 heterocycles. The molecule has 3 aliphatic carbocycles. The molecular weight excluding hydrogens is 376 g/mol. The van der Waals surface area contributed by atoms with Gasteiger partial charge in [0, 0.05) is 10.9 Å². The molecule has 0 radical (unpaired) electrons. The van der Waals surface area contributed by atoms with Crippen LogP contribution in [0.4, 0.5) is 5.00 Å². The molecule has 2 fully saturated rings. The molecule has 3 N–H and O–H groups in total. The van der Waals surface area contributed by atoms with Crippen LogP contribution < -0.4 is 10.6 Å². The fraction of sp³-hybridized carbons (Fsp3) is 0.667. The number of carbonyl (C=O) groups is 3. The monoisotopic (exact) mass is 404 g/mol. The molecule has 0 bridgehead atoms. The first-order valence-corrected chi connectivity index (χ1v) is 11.2. The number of nitrogens with one attached hydrogen (secondary N) is 2. The van der Waals surface area contributed by atoms with Crippen LogP contribution in [0.2, 0.25) is 0 Å². The Morgan fingerprint density at radius 3 is 2.43 bits per heavy atom. The molecule has 1 aromatic heterocycles. The maximum atomic E-state index is 13.0. The van der Waals surface area contributed by atoms with E-state index in [1.165, 1.54) is 16.2 Å². The summed E-state index contributed by atoms with van der Waals surface area (Å²) in [4.78, 5) is 38.6. The Bertz CT molecular complexity index is 799. The van der Waals surface area contributed by atoms with Crippen LogP contribution in [-0.4, -0.2) is 28.9 Å². The minimum absolute atomic E-state index is 0.0942. The molecule has 7 heteroatoms. The third-order valence-electron chi connectivity index (χ3n) is 6.31. The molecule has 3 aliphatic rings. The van der Waals surface area contributed by atoms with Gasteiger partial charge in [0.05, 0.1) is 17.4 Å². The Balaban J connectivity index is 1.60. The fourth-order valence-electron chi connectivity index (χ4n) is 4.51. The smallest absolute Gasteiger partial charge is 0.307 e. The van der Waals surface area contributed by atoms with Crippen LogP contribution in [0, 0.1) is 17.8 Å². The second-order valence-electron chi connectivity index (χ2n) is 8.63. The highest BCUT2D eigenvalue weighted by atomic mass is 32.1. The van der Waals surface area contributed by atoms with Crippen molar-refractivity contribution in [1.29, 1.82) is 0 Å². The van der Waals surface area contributed by atoms with E-state index in [4.69, 9.17) is 0 Å². The van der Waals surface area contributed by atoms with Gasteiger partial charge in [-0.15, -0.1) is 11.3 Å². The third-order valence-corrected chi connectivity index (χ3v) is 7.48. The topological polar surface area (TPSA) is 95.5 Å². The molecule has 3 atom stereocenters. The lowest BCUT2D eigenvalue weighted by molar-refractivity contribution is -0.147. The number of aliphatic carboxylic acids is 1. The fourth-order valence-corrected chi connectivity index (χ4v) is 5.92. The third kappa shape index (κ3) is 3.95. The molecule has 28 heavy (non-hydrogen) atoms. The molecule has 0 aromatic carbocycles. The summed E-state index contributed by atoms with van der Waals surface area (Å²) in [6.45, 7) is 2.21. The lowest BCUT2D eigenvalue weighted by atomic mass is 9.78. The van der Waals surface area contributed by atoms with Crippen molar-refractivity contribution in [3.63, 3.8) is 0 Å². The Morgan fingerprint density at radius 1 is 1.04 bits per heavy atom. The number of carboxylic acids is 1. The molecule has 0 spiro atoms. The van der Waals surface area contributed by atoms with E-state index in [1.807, 2.05) is 0 Å². The van der Waals surface area contributed by atoms with Crippen molar-refractivity contribution in [2.24, 2.45) is 17.8 Å². The molecule has 152 valence electrons. The number of carboxylic acid groups (broad SMARTS) is 1. The van der Waals surface area contributed by atoms with Gasteiger partial charge < -0.3 is 15.7 Å². The van der Waals surface area contributed by atoms with Crippen molar-refractivity contribution in [1.82, 2.24) is 5.32 Å². The largest absolute Gasteiger partial charge is 0.481 e. The summed E-state index contributed by atoms with van der Waals surface area (Å²) < 4.78 is 0. The quantitative estimate of drug-likeness (QED) is 0.699. The molecule has 0 aliphatic heterocycles. The average Bonchev–Trinajstić information content (AvgIpc) is 3.40. The number of carbonyl (C=O) groups excluding carboxylic acids is 2. The highest BCUT2D eigenvalue weighted by Crippen LogP contribution is 2.41. The summed E-state index contributed by atoms with van der Waals surface area (Å²) >= 11 is 1.50. The van der Waals surface area contributed by atoms with Crippen molar-refractivity contribution < 1.29 is 19.5 Å². The van der Waals surface area contributed by atoms with Crippen LogP contribution in [0.1, 0.15) is 72.7 Å². The summed E-state index contributed by atoms with van der Waals surface area (Å²) in [6.07, 6.45) is 7.72. The number of fused-ring (bicyclic) bond motifs is 1. The molecule has 4 rings (SSSR count). The Kier molecular flexibility index (Phi) is 5.45. The molecule has 2 amide bonds. The lowest BCUT2D eigenvalue weighted by Gasteiger charge is -2.27. The predicted octanol–water partition coefficient (Wildman–Crippen LogP) is 3.59.